The molecule has 6 heteroatoms. The van der Waals surface area contributed by atoms with E-state index < -0.39 is 6.04 Å². The van der Waals surface area contributed by atoms with Gasteiger partial charge in [0.15, 0.2) is 0 Å². The van der Waals surface area contributed by atoms with Gasteiger partial charge < -0.3 is 15.1 Å². The zero-order chi connectivity index (χ0) is 14.8. The van der Waals surface area contributed by atoms with Gasteiger partial charge in [0.1, 0.15) is 11.9 Å². The maximum atomic E-state index is 13.3. The summed E-state index contributed by atoms with van der Waals surface area (Å²) in [5.74, 6) is -0.534. The lowest BCUT2D eigenvalue weighted by Gasteiger charge is -2.36. The molecule has 0 radical (unpaired) electrons. The van der Waals surface area contributed by atoms with E-state index in [9.17, 15) is 14.0 Å². The fraction of sp³-hybridized carbons (Fsp3) is 0.467. The molecule has 0 bridgehead atoms. The van der Waals surface area contributed by atoms with Gasteiger partial charge in [-0.05, 0) is 37.5 Å². The van der Waals surface area contributed by atoms with Gasteiger partial charge in [-0.15, -0.1) is 0 Å². The highest BCUT2D eigenvalue weighted by molar-refractivity contribution is 5.99. The van der Waals surface area contributed by atoms with Crippen molar-refractivity contribution >= 4 is 17.6 Å². The van der Waals surface area contributed by atoms with Gasteiger partial charge in [0, 0.05) is 25.3 Å². The minimum absolute atomic E-state index is 0.166. The smallest absolute Gasteiger partial charge is 0.318 e. The normalized spacial score (nSPS) is 22.0. The van der Waals surface area contributed by atoms with Crippen molar-refractivity contribution in [3.63, 3.8) is 0 Å². The highest BCUT2D eigenvalue weighted by Crippen LogP contribution is 2.22. The lowest BCUT2D eigenvalue weighted by molar-refractivity contribution is -0.121. The molecule has 1 aromatic rings. The molecule has 2 fully saturated rings. The summed E-state index contributed by atoms with van der Waals surface area (Å²) in [5.41, 5.74) is 0.544. The largest absolute Gasteiger partial charge is 0.326 e. The first-order valence-corrected chi connectivity index (χ1v) is 7.27. The maximum Gasteiger partial charge on any atom is 0.318 e. The van der Waals surface area contributed by atoms with Crippen molar-refractivity contribution in [3.05, 3.63) is 30.1 Å². The number of carbonyl (C=O) groups is 2. The van der Waals surface area contributed by atoms with E-state index in [2.05, 4.69) is 5.32 Å². The van der Waals surface area contributed by atoms with Crippen molar-refractivity contribution < 1.29 is 14.0 Å². The quantitative estimate of drug-likeness (QED) is 0.902. The first kappa shape index (κ1) is 13.9. The van der Waals surface area contributed by atoms with Crippen molar-refractivity contribution in [3.8, 4) is 0 Å². The van der Waals surface area contributed by atoms with Gasteiger partial charge in [-0.25, -0.2) is 9.18 Å². The van der Waals surface area contributed by atoms with Crippen LogP contribution in [0.25, 0.3) is 0 Å². The van der Waals surface area contributed by atoms with Crippen LogP contribution in [0.2, 0.25) is 0 Å². The number of hydrogen-bond donors (Lipinski definition) is 1. The Kier molecular flexibility index (Phi) is 3.77. The van der Waals surface area contributed by atoms with Crippen LogP contribution in [0.3, 0.4) is 0 Å². The molecule has 0 unspecified atom stereocenters. The summed E-state index contributed by atoms with van der Waals surface area (Å²) in [6.45, 7) is 2.05. The molecular formula is C15H18FN3O2. The number of nitrogens with zero attached hydrogens (tertiary/aromatic N) is 2. The predicted octanol–water partition coefficient (Wildman–Crippen LogP) is 1.74. The molecule has 0 aliphatic carbocycles. The van der Waals surface area contributed by atoms with Crippen LogP contribution in [0, 0.1) is 5.82 Å². The van der Waals surface area contributed by atoms with E-state index in [0.717, 1.165) is 25.9 Å². The summed E-state index contributed by atoms with van der Waals surface area (Å²) in [4.78, 5) is 27.6. The minimum atomic E-state index is -0.518. The molecule has 112 valence electrons. The molecule has 1 aromatic carbocycles. The van der Waals surface area contributed by atoms with E-state index >= 15 is 0 Å². The maximum absolute atomic E-state index is 13.3. The fourth-order valence-electron chi connectivity index (χ4n) is 2.67. The summed E-state index contributed by atoms with van der Waals surface area (Å²) in [7, 11) is 0. The van der Waals surface area contributed by atoms with Gasteiger partial charge in [0.25, 0.3) is 0 Å². The van der Waals surface area contributed by atoms with Crippen LogP contribution < -0.4 is 10.2 Å². The Bertz CT molecular complexity index is 560. The molecule has 5 nitrogen and oxygen atoms in total. The second kappa shape index (κ2) is 5.71. The minimum Gasteiger partial charge on any atom is -0.326 e. The highest BCUT2D eigenvalue weighted by Gasteiger charge is 2.32. The van der Waals surface area contributed by atoms with Crippen molar-refractivity contribution in [2.24, 2.45) is 0 Å². The predicted molar refractivity (Wildman–Crippen MR) is 76.5 cm³/mol. The molecule has 3 rings (SSSR count). The first-order valence-electron chi connectivity index (χ1n) is 7.27. The zero-order valence-corrected chi connectivity index (χ0v) is 11.7. The third kappa shape index (κ3) is 2.84. The van der Waals surface area contributed by atoms with Crippen LogP contribution in [-0.2, 0) is 4.79 Å². The number of likely N-dealkylation sites (tertiary alicyclic amines) is 1. The van der Waals surface area contributed by atoms with Crippen molar-refractivity contribution in [1.82, 2.24) is 10.2 Å². The number of hydrogen-bond acceptors (Lipinski definition) is 2. The van der Waals surface area contributed by atoms with Crippen LogP contribution in [-0.4, -0.2) is 42.5 Å². The summed E-state index contributed by atoms with van der Waals surface area (Å²) >= 11 is 0. The molecule has 0 spiro atoms. The average molecular weight is 291 g/mol. The van der Waals surface area contributed by atoms with E-state index in [1.165, 1.54) is 12.1 Å². The number of carbonyl (C=O) groups excluding carboxylic acids is 2. The summed E-state index contributed by atoms with van der Waals surface area (Å²) in [6.07, 6.45) is 2.43. The Morgan fingerprint density at radius 2 is 2.05 bits per heavy atom. The standard InChI is InChI=1S/C15H18FN3O2/c16-11-4-1-5-12(10-11)19-9-2-6-13(14(19)20)17-15(21)18-7-3-8-18/h1,4-5,10,13H,2-3,6-9H2,(H,17,21)/t13-/m0/s1. The fourth-order valence-corrected chi connectivity index (χ4v) is 2.67. The molecule has 0 aromatic heterocycles. The van der Waals surface area contributed by atoms with Gasteiger partial charge in [-0.2, -0.15) is 0 Å². The second-order valence-corrected chi connectivity index (χ2v) is 5.45. The number of urea groups is 1. The Morgan fingerprint density at radius 3 is 2.71 bits per heavy atom. The Morgan fingerprint density at radius 1 is 1.24 bits per heavy atom. The number of halogens is 1. The number of benzene rings is 1. The molecule has 21 heavy (non-hydrogen) atoms. The highest BCUT2D eigenvalue weighted by atomic mass is 19.1. The monoisotopic (exact) mass is 291 g/mol. The van der Waals surface area contributed by atoms with Gasteiger partial charge in [-0.1, -0.05) is 6.07 Å². The molecular weight excluding hydrogens is 273 g/mol. The molecule has 3 amide bonds. The summed E-state index contributed by atoms with van der Waals surface area (Å²) < 4.78 is 13.3. The average Bonchev–Trinajstić information content (AvgIpc) is 2.39. The van der Waals surface area contributed by atoms with E-state index in [0.29, 0.717) is 18.7 Å². The van der Waals surface area contributed by atoms with Crippen LogP contribution in [0.1, 0.15) is 19.3 Å². The number of rotatable bonds is 2. The van der Waals surface area contributed by atoms with Gasteiger partial charge >= 0.3 is 6.03 Å². The van der Waals surface area contributed by atoms with E-state index in [1.807, 2.05) is 0 Å². The number of nitrogens with one attached hydrogen (secondary N) is 1. The van der Waals surface area contributed by atoms with Crippen molar-refractivity contribution in [1.29, 1.82) is 0 Å². The second-order valence-electron chi connectivity index (χ2n) is 5.45. The zero-order valence-electron chi connectivity index (χ0n) is 11.7. The van der Waals surface area contributed by atoms with Crippen LogP contribution in [0.5, 0.6) is 0 Å². The van der Waals surface area contributed by atoms with E-state index in [4.69, 9.17) is 0 Å². The van der Waals surface area contributed by atoms with Crippen LogP contribution in [0.4, 0.5) is 14.9 Å². The molecule has 0 saturated carbocycles. The van der Waals surface area contributed by atoms with Crippen LogP contribution >= 0.6 is 0 Å². The lowest BCUT2D eigenvalue weighted by atomic mass is 10.0. The SMILES string of the molecule is O=C(N[C@H]1CCCN(c2cccc(F)c2)C1=O)N1CCC1. The van der Waals surface area contributed by atoms with E-state index in [-0.39, 0.29) is 17.8 Å². The summed E-state index contributed by atoms with van der Waals surface area (Å²) in [6, 6.07) is 5.29. The Balaban J connectivity index is 1.69. The summed E-state index contributed by atoms with van der Waals surface area (Å²) in [5, 5.41) is 2.79. The number of amides is 3. The van der Waals surface area contributed by atoms with Gasteiger partial charge in [0.05, 0.1) is 0 Å². The number of anilines is 1. The molecule has 1 atom stereocenters. The molecule has 2 saturated heterocycles. The third-order valence-electron chi connectivity index (χ3n) is 4.00. The van der Waals surface area contributed by atoms with Gasteiger partial charge in [0.2, 0.25) is 5.91 Å². The molecule has 2 aliphatic rings. The topological polar surface area (TPSA) is 52.7 Å². The van der Waals surface area contributed by atoms with Crippen molar-refractivity contribution in [2.45, 2.75) is 25.3 Å². The molecule has 1 N–H and O–H groups in total. The van der Waals surface area contributed by atoms with Crippen LogP contribution in [0.15, 0.2) is 24.3 Å². The molecule has 2 heterocycles. The van der Waals surface area contributed by atoms with Crippen molar-refractivity contribution in [2.75, 3.05) is 24.5 Å². The number of piperidine rings is 1. The Labute approximate surface area is 122 Å². The first-order chi connectivity index (χ1) is 10.1. The molecule has 2 aliphatic heterocycles. The van der Waals surface area contributed by atoms with Gasteiger partial charge in [-0.3, -0.25) is 4.79 Å². The Hall–Kier alpha value is -2.11. The van der Waals surface area contributed by atoms with E-state index in [1.54, 1.807) is 21.9 Å². The lowest BCUT2D eigenvalue weighted by Crippen LogP contribution is -2.57. The third-order valence-corrected chi connectivity index (χ3v) is 4.00.